The molecule has 1 amide bonds. The van der Waals surface area contributed by atoms with Gasteiger partial charge in [0.05, 0.1) is 6.10 Å². The zero-order valence-corrected chi connectivity index (χ0v) is 13.9. The number of hydrogen-bond donors (Lipinski definition) is 1. The first-order valence-corrected chi connectivity index (χ1v) is 8.39. The Kier molecular flexibility index (Phi) is 6.68. The molecule has 1 N–H and O–H groups in total. The second-order valence-electron chi connectivity index (χ2n) is 5.83. The highest BCUT2D eigenvalue weighted by Crippen LogP contribution is 2.17. The third-order valence-corrected chi connectivity index (χ3v) is 4.60. The van der Waals surface area contributed by atoms with Crippen LogP contribution in [0.15, 0.2) is 24.3 Å². The number of amides is 1. The van der Waals surface area contributed by atoms with E-state index in [1.165, 1.54) is 0 Å². The number of aliphatic hydroxyl groups is 1. The van der Waals surface area contributed by atoms with Gasteiger partial charge in [-0.15, -0.1) is 0 Å². The van der Waals surface area contributed by atoms with E-state index in [4.69, 9.17) is 11.6 Å². The highest BCUT2D eigenvalue weighted by atomic mass is 35.5. The average Bonchev–Trinajstić information content (AvgIpc) is 2.54. The van der Waals surface area contributed by atoms with Crippen molar-refractivity contribution in [2.45, 2.75) is 32.3 Å². The monoisotopic (exact) mass is 324 g/mol. The van der Waals surface area contributed by atoms with Gasteiger partial charge in [-0.2, -0.15) is 0 Å². The summed E-state index contributed by atoms with van der Waals surface area (Å²) in [7, 11) is 0. The topological polar surface area (TPSA) is 43.8 Å². The van der Waals surface area contributed by atoms with Crippen molar-refractivity contribution in [1.82, 2.24) is 9.80 Å². The van der Waals surface area contributed by atoms with Crippen LogP contribution in [-0.4, -0.2) is 59.6 Å². The summed E-state index contributed by atoms with van der Waals surface area (Å²) in [6.07, 6.45) is 1.70. The van der Waals surface area contributed by atoms with E-state index < -0.39 is 0 Å². The van der Waals surface area contributed by atoms with Crippen LogP contribution in [0.25, 0.3) is 0 Å². The maximum Gasteiger partial charge on any atom is 0.222 e. The minimum atomic E-state index is -0.262. The van der Waals surface area contributed by atoms with Gasteiger partial charge in [0.25, 0.3) is 0 Å². The minimum absolute atomic E-state index is 0.190. The molecule has 1 heterocycles. The molecule has 0 radical (unpaired) electrons. The fourth-order valence-corrected chi connectivity index (χ4v) is 2.94. The zero-order valence-electron chi connectivity index (χ0n) is 13.2. The van der Waals surface area contributed by atoms with E-state index in [-0.39, 0.29) is 12.0 Å². The number of rotatable bonds is 6. The lowest BCUT2D eigenvalue weighted by molar-refractivity contribution is -0.133. The largest absolute Gasteiger partial charge is 0.392 e. The molecule has 0 bridgehead atoms. The Balaban J connectivity index is 1.74. The summed E-state index contributed by atoms with van der Waals surface area (Å²) in [6, 6.07) is 7.68. The maximum absolute atomic E-state index is 12.3. The quantitative estimate of drug-likeness (QED) is 0.872. The number of aryl methyl sites for hydroxylation is 1. The molecule has 5 heteroatoms. The zero-order chi connectivity index (χ0) is 15.9. The van der Waals surface area contributed by atoms with Crippen molar-refractivity contribution < 1.29 is 9.90 Å². The van der Waals surface area contributed by atoms with Crippen LogP contribution in [-0.2, 0) is 11.2 Å². The van der Waals surface area contributed by atoms with Crippen molar-refractivity contribution in [1.29, 1.82) is 0 Å². The SMILES string of the molecule is CC[C@H](O)CN1CCN(C(=O)CCc2ccccc2Cl)CC1. The number of nitrogens with zero attached hydrogens (tertiary/aromatic N) is 2. The lowest BCUT2D eigenvalue weighted by Crippen LogP contribution is -2.50. The van der Waals surface area contributed by atoms with E-state index in [2.05, 4.69) is 4.90 Å². The molecule has 1 atom stereocenters. The van der Waals surface area contributed by atoms with Gasteiger partial charge in [-0.25, -0.2) is 0 Å². The fourth-order valence-electron chi connectivity index (χ4n) is 2.71. The first kappa shape index (κ1) is 17.3. The van der Waals surface area contributed by atoms with Gasteiger partial charge >= 0.3 is 0 Å². The molecule has 4 nitrogen and oxygen atoms in total. The number of hydrogen-bond acceptors (Lipinski definition) is 3. The first-order valence-electron chi connectivity index (χ1n) is 8.01. The van der Waals surface area contributed by atoms with Gasteiger partial charge in [-0.1, -0.05) is 36.7 Å². The number of benzene rings is 1. The average molecular weight is 325 g/mol. The summed E-state index contributed by atoms with van der Waals surface area (Å²) in [5.41, 5.74) is 1.03. The van der Waals surface area contributed by atoms with Crippen LogP contribution in [0, 0.1) is 0 Å². The molecular weight excluding hydrogens is 300 g/mol. The van der Waals surface area contributed by atoms with Gasteiger partial charge in [0, 0.05) is 44.2 Å². The van der Waals surface area contributed by atoms with Crippen molar-refractivity contribution >= 4 is 17.5 Å². The number of carbonyl (C=O) groups is 1. The molecule has 1 aromatic rings. The molecule has 0 saturated carbocycles. The Labute approximate surface area is 137 Å². The van der Waals surface area contributed by atoms with Gasteiger partial charge in [-0.3, -0.25) is 9.69 Å². The van der Waals surface area contributed by atoms with Crippen LogP contribution < -0.4 is 0 Å². The number of halogens is 1. The Morgan fingerprint density at radius 2 is 1.95 bits per heavy atom. The Morgan fingerprint density at radius 3 is 2.59 bits per heavy atom. The van der Waals surface area contributed by atoms with E-state index >= 15 is 0 Å². The van der Waals surface area contributed by atoms with E-state index in [1.807, 2.05) is 36.1 Å². The van der Waals surface area contributed by atoms with Crippen molar-refractivity contribution in [3.63, 3.8) is 0 Å². The molecule has 0 spiro atoms. The lowest BCUT2D eigenvalue weighted by atomic mass is 10.1. The van der Waals surface area contributed by atoms with Gasteiger partial charge in [0.15, 0.2) is 0 Å². The molecule has 122 valence electrons. The summed E-state index contributed by atoms with van der Waals surface area (Å²) in [5.74, 6) is 0.190. The van der Waals surface area contributed by atoms with Crippen LogP contribution in [0.1, 0.15) is 25.3 Å². The smallest absolute Gasteiger partial charge is 0.222 e. The van der Waals surface area contributed by atoms with E-state index in [0.717, 1.165) is 43.2 Å². The van der Waals surface area contributed by atoms with Crippen LogP contribution in [0.5, 0.6) is 0 Å². The highest BCUT2D eigenvalue weighted by Gasteiger charge is 2.22. The fraction of sp³-hybridized carbons (Fsp3) is 0.588. The molecule has 0 aliphatic carbocycles. The van der Waals surface area contributed by atoms with Crippen LogP contribution in [0.4, 0.5) is 0 Å². The molecule has 1 saturated heterocycles. The van der Waals surface area contributed by atoms with Crippen molar-refractivity contribution in [3.05, 3.63) is 34.9 Å². The summed E-state index contributed by atoms with van der Waals surface area (Å²) >= 11 is 6.12. The van der Waals surface area contributed by atoms with Crippen LogP contribution in [0.3, 0.4) is 0 Å². The molecule has 2 rings (SSSR count). The predicted octanol–water partition coefficient (Wildman–Crippen LogP) is 2.19. The van der Waals surface area contributed by atoms with Gasteiger partial charge in [-0.05, 0) is 24.5 Å². The summed E-state index contributed by atoms with van der Waals surface area (Å²) in [5, 5.41) is 10.4. The highest BCUT2D eigenvalue weighted by molar-refractivity contribution is 6.31. The Hall–Kier alpha value is -1.10. The summed E-state index contributed by atoms with van der Waals surface area (Å²) in [6.45, 7) is 5.87. The second kappa shape index (κ2) is 8.51. The molecular formula is C17H25ClN2O2. The number of carbonyl (C=O) groups excluding carboxylic acids is 1. The number of β-amino-alcohol motifs (C(OH)–C–C–N with tert-alkyl or cyclic N) is 1. The third-order valence-electron chi connectivity index (χ3n) is 4.23. The number of aliphatic hydroxyl groups excluding tert-OH is 1. The maximum atomic E-state index is 12.3. The Bertz CT molecular complexity index is 487. The molecule has 1 aliphatic rings. The molecule has 0 aromatic heterocycles. The van der Waals surface area contributed by atoms with Crippen LogP contribution >= 0.6 is 11.6 Å². The van der Waals surface area contributed by atoms with Crippen molar-refractivity contribution in [2.75, 3.05) is 32.7 Å². The van der Waals surface area contributed by atoms with Crippen LogP contribution in [0.2, 0.25) is 5.02 Å². The lowest BCUT2D eigenvalue weighted by Gasteiger charge is -2.35. The summed E-state index contributed by atoms with van der Waals surface area (Å²) in [4.78, 5) is 16.4. The molecule has 22 heavy (non-hydrogen) atoms. The third kappa shape index (κ3) is 4.97. The Morgan fingerprint density at radius 1 is 1.27 bits per heavy atom. The first-order chi connectivity index (χ1) is 10.6. The summed E-state index contributed by atoms with van der Waals surface area (Å²) < 4.78 is 0. The van der Waals surface area contributed by atoms with E-state index in [1.54, 1.807) is 0 Å². The molecule has 1 fully saturated rings. The van der Waals surface area contributed by atoms with Gasteiger partial charge < -0.3 is 10.0 Å². The number of piperazine rings is 1. The predicted molar refractivity (Wildman–Crippen MR) is 89.1 cm³/mol. The van der Waals surface area contributed by atoms with E-state index in [0.29, 0.717) is 19.4 Å². The minimum Gasteiger partial charge on any atom is -0.392 e. The van der Waals surface area contributed by atoms with Crippen molar-refractivity contribution in [2.24, 2.45) is 0 Å². The molecule has 1 aliphatic heterocycles. The van der Waals surface area contributed by atoms with E-state index in [9.17, 15) is 9.90 Å². The second-order valence-corrected chi connectivity index (χ2v) is 6.24. The van der Waals surface area contributed by atoms with Gasteiger partial charge in [0.2, 0.25) is 5.91 Å². The standard InChI is InChI=1S/C17H25ClN2O2/c1-2-15(21)13-19-9-11-20(12-10-19)17(22)8-7-14-5-3-4-6-16(14)18/h3-6,15,21H,2,7-13H2,1H3/t15-/m0/s1. The normalized spacial score (nSPS) is 17.5. The van der Waals surface area contributed by atoms with Crippen molar-refractivity contribution in [3.8, 4) is 0 Å². The van der Waals surface area contributed by atoms with Gasteiger partial charge in [0.1, 0.15) is 0 Å². The molecule has 0 unspecified atom stereocenters. The molecule has 1 aromatic carbocycles.